The molecular formula is C25H25N3Na2O5. The Bertz CT molecular complexity index is 1230. The molecule has 2 amide bonds. The van der Waals surface area contributed by atoms with Crippen LogP contribution in [0.15, 0.2) is 65.6 Å². The van der Waals surface area contributed by atoms with E-state index in [1.807, 2.05) is 24.3 Å². The number of carboxylic acids is 1. The van der Waals surface area contributed by atoms with Gasteiger partial charge in [-0.15, -0.1) is 0 Å². The average molecular weight is 493 g/mol. The summed E-state index contributed by atoms with van der Waals surface area (Å²) in [5.41, 5.74) is 2.86. The van der Waals surface area contributed by atoms with Gasteiger partial charge in [0, 0.05) is 25.6 Å². The molecule has 0 saturated heterocycles. The third kappa shape index (κ3) is 8.52. The van der Waals surface area contributed by atoms with Crippen LogP contribution in [0.1, 0.15) is 41.6 Å². The standard InChI is InChI=1S/C25H27N3O5.2Na/c1-3-17-8-4-5-9-18(17)13-16-7-6-10-19(14-16)20(15-22(30)31)26-25(33)27-23-21(29)11-12-28(2)24(23)32;;/h4-12,14,20,29H,3,13,15H2,1-2H3,(H,30,31)(H2,26,27,33);;/q;2*+1/p-2/t20-;;/m0../s1. The number of hydrogen-bond acceptors (Lipinski definition) is 5. The quantitative estimate of drug-likeness (QED) is 0.307. The first kappa shape index (κ1) is 31.0. The number of urea groups is 1. The Morgan fingerprint density at radius 1 is 1.03 bits per heavy atom. The van der Waals surface area contributed by atoms with Crippen LogP contribution in [0.3, 0.4) is 0 Å². The molecule has 0 saturated carbocycles. The molecule has 2 aromatic carbocycles. The van der Waals surface area contributed by atoms with Crippen molar-refractivity contribution in [1.29, 1.82) is 0 Å². The fourth-order valence-electron chi connectivity index (χ4n) is 3.67. The van der Waals surface area contributed by atoms with E-state index in [4.69, 9.17) is 0 Å². The number of aryl methyl sites for hydroxylation is 2. The van der Waals surface area contributed by atoms with Gasteiger partial charge >= 0.3 is 65.1 Å². The van der Waals surface area contributed by atoms with Gasteiger partial charge in [0.2, 0.25) is 0 Å². The Balaban J connectivity index is 0.00000306. The summed E-state index contributed by atoms with van der Waals surface area (Å²) in [5, 5.41) is 28.1. The van der Waals surface area contributed by atoms with Crippen molar-refractivity contribution in [2.45, 2.75) is 32.2 Å². The Hall–Kier alpha value is -2.07. The van der Waals surface area contributed by atoms with Crippen LogP contribution < -0.4 is 85.5 Å². The summed E-state index contributed by atoms with van der Waals surface area (Å²) in [6.07, 6.45) is 2.38. The van der Waals surface area contributed by atoms with E-state index in [0.717, 1.165) is 22.6 Å². The van der Waals surface area contributed by atoms with Gasteiger partial charge in [-0.25, -0.2) is 4.79 Å². The first-order valence-corrected chi connectivity index (χ1v) is 10.6. The van der Waals surface area contributed by atoms with E-state index in [-0.39, 0.29) is 59.1 Å². The van der Waals surface area contributed by atoms with E-state index in [9.17, 15) is 24.6 Å². The van der Waals surface area contributed by atoms with Crippen molar-refractivity contribution in [2.24, 2.45) is 7.05 Å². The summed E-state index contributed by atoms with van der Waals surface area (Å²) in [4.78, 5) is 36.0. The molecule has 1 atom stereocenters. The van der Waals surface area contributed by atoms with Gasteiger partial charge in [-0.1, -0.05) is 67.3 Å². The molecule has 0 aliphatic heterocycles. The van der Waals surface area contributed by atoms with E-state index in [1.54, 1.807) is 12.1 Å². The van der Waals surface area contributed by atoms with E-state index in [1.165, 1.54) is 24.4 Å². The van der Waals surface area contributed by atoms with Crippen LogP contribution in [0.4, 0.5) is 10.5 Å². The van der Waals surface area contributed by atoms with Crippen LogP contribution in [-0.2, 0) is 24.7 Å². The molecule has 0 fully saturated rings. The molecule has 1 heterocycles. The van der Waals surface area contributed by atoms with Crippen LogP contribution in [0.2, 0.25) is 0 Å². The van der Waals surface area contributed by atoms with E-state index in [0.29, 0.717) is 12.0 Å². The second-order valence-corrected chi connectivity index (χ2v) is 7.74. The van der Waals surface area contributed by atoms with Gasteiger partial charge in [-0.3, -0.25) is 4.79 Å². The Kier molecular flexibility index (Phi) is 12.8. The number of carbonyl (C=O) groups excluding carboxylic acids is 2. The van der Waals surface area contributed by atoms with Gasteiger partial charge in [0.1, 0.15) is 5.69 Å². The number of nitrogens with zero attached hydrogens (tertiary/aromatic N) is 1. The molecule has 0 aliphatic rings. The number of carboxylic acid groups (broad SMARTS) is 1. The minimum Gasteiger partial charge on any atom is -0.871 e. The minimum atomic E-state index is -1.35. The smallest absolute Gasteiger partial charge is 0.871 e. The number of benzene rings is 2. The van der Waals surface area contributed by atoms with Gasteiger partial charge in [0.05, 0.1) is 6.04 Å². The fraction of sp³-hybridized carbons (Fsp3) is 0.240. The number of aromatic nitrogens is 1. The summed E-state index contributed by atoms with van der Waals surface area (Å²) < 4.78 is 1.16. The molecule has 35 heavy (non-hydrogen) atoms. The molecule has 3 rings (SSSR count). The van der Waals surface area contributed by atoms with Crippen molar-refractivity contribution in [2.75, 3.05) is 5.32 Å². The summed E-state index contributed by atoms with van der Waals surface area (Å²) >= 11 is 0. The maximum absolute atomic E-state index is 12.5. The molecule has 8 nitrogen and oxygen atoms in total. The minimum absolute atomic E-state index is 0. The van der Waals surface area contributed by atoms with Gasteiger partial charge in [-0.05, 0) is 35.1 Å². The average Bonchev–Trinajstić information content (AvgIpc) is 2.79. The van der Waals surface area contributed by atoms with Crippen molar-refractivity contribution >= 4 is 17.7 Å². The predicted octanol–water partition coefficient (Wildman–Crippen LogP) is -4.38. The van der Waals surface area contributed by atoms with Crippen LogP contribution in [0.25, 0.3) is 0 Å². The zero-order valence-electron chi connectivity index (χ0n) is 20.5. The number of hydrogen-bond donors (Lipinski definition) is 2. The van der Waals surface area contributed by atoms with Gasteiger partial charge in [0.15, 0.2) is 0 Å². The summed E-state index contributed by atoms with van der Waals surface area (Å²) in [6.45, 7) is 2.08. The molecule has 172 valence electrons. The monoisotopic (exact) mass is 493 g/mol. The molecule has 0 bridgehead atoms. The molecule has 3 aromatic rings. The second kappa shape index (κ2) is 14.5. The van der Waals surface area contributed by atoms with E-state index >= 15 is 0 Å². The van der Waals surface area contributed by atoms with Crippen LogP contribution in [0, 0.1) is 0 Å². The number of pyridine rings is 1. The normalized spacial score (nSPS) is 10.9. The second-order valence-electron chi connectivity index (χ2n) is 7.74. The number of anilines is 1. The van der Waals surface area contributed by atoms with Crippen LogP contribution in [-0.4, -0.2) is 16.6 Å². The Labute approximate surface area is 248 Å². The number of nitrogens with one attached hydrogen (secondary N) is 2. The first-order chi connectivity index (χ1) is 15.8. The third-order valence-corrected chi connectivity index (χ3v) is 5.39. The largest absolute Gasteiger partial charge is 1.00 e. The van der Waals surface area contributed by atoms with Crippen molar-refractivity contribution in [1.82, 2.24) is 9.88 Å². The Morgan fingerprint density at radius 3 is 2.37 bits per heavy atom. The molecule has 0 unspecified atom stereocenters. The molecular weight excluding hydrogens is 468 g/mol. The van der Waals surface area contributed by atoms with Gasteiger partial charge in [0.25, 0.3) is 5.56 Å². The summed E-state index contributed by atoms with van der Waals surface area (Å²) in [5.74, 6) is -1.98. The molecule has 1 aromatic heterocycles. The number of amides is 2. The van der Waals surface area contributed by atoms with Crippen molar-refractivity contribution in [3.05, 3.63) is 93.4 Å². The Morgan fingerprint density at radius 2 is 1.71 bits per heavy atom. The molecule has 0 spiro atoms. The SMILES string of the molecule is CCc1ccccc1Cc1cccc([C@H](CC(=O)[O-])NC(=O)Nc2c([O-])ccn(C)c2=O)c1.[Na+].[Na+]. The van der Waals surface area contributed by atoms with Crippen molar-refractivity contribution in [3.63, 3.8) is 0 Å². The van der Waals surface area contributed by atoms with Crippen LogP contribution >= 0.6 is 0 Å². The van der Waals surface area contributed by atoms with E-state index < -0.39 is 41.5 Å². The summed E-state index contributed by atoms with van der Waals surface area (Å²) in [7, 11) is 1.45. The zero-order chi connectivity index (χ0) is 24.0. The first-order valence-electron chi connectivity index (χ1n) is 10.6. The number of aliphatic carboxylic acids is 1. The fourth-order valence-corrected chi connectivity index (χ4v) is 3.67. The molecule has 2 N–H and O–H groups in total. The van der Waals surface area contributed by atoms with Gasteiger partial charge < -0.3 is 30.2 Å². The van der Waals surface area contributed by atoms with Crippen molar-refractivity contribution < 1.29 is 78.9 Å². The molecule has 0 aliphatic carbocycles. The number of carbonyl (C=O) groups is 2. The number of rotatable bonds is 8. The predicted molar refractivity (Wildman–Crippen MR) is 121 cm³/mol. The maximum atomic E-state index is 12.5. The summed E-state index contributed by atoms with van der Waals surface area (Å²) in [6, 6.07) is 14.7. The third-order valence-electron chi connectivity index (χ3n) is 5.39. The zero-order valence-corrected chi connectivity index (χ0v) is 24.5. The van der Waals surface area contributed by atoms with Crippen LogP contribution in [0.5, 0.6) is 5.75 Å². The van der Waals surface area contributed by atoms with Crippen molar-refractivity contribution in [3.8, 4) is 5.75 Å². The topological polar surface area (TPSA) is 126 Å². The molecule has 10 heteroatoms. The maximum Gasteiger partial charge on any atom is 1.00 e. The van der Waals surface area contributed by atoms with Gasteiger partial charge in [-0.2, -0.15) is 0 Å². The van der Waals surface area contributed by atoms with E-state index in [2.05, 4.69) is 29.7 Å². The molecule has 0 radical (unpaired) electrons.